The highest BCUT2D eigenvalue weighted by Gasteiger charge is 2.44. The summed E-state index contributed by atoms with van der Waals surface area (Å²) < 4.78 is 0. The Morgan fingerprint density at radius 1 is 1.00 bits per heavy atom. The number of likely N-dealkylation sites (tertiary alicyclic amines) is 1. The molecule has 1 aliphatic rings. The summed E-state index contributed by atoms with van der Waals surface area (Å²) in [6.45, 7) is 10.3. The lowest BCUT2D eigenvalue weighted by atomic mass is 9.85. The van der Waals surface area contributed by atoms with Crippen LogP contribution < -0.4 is 16.0 Å². The summed E-state index contributed by atoms with van der Waals surface area (Å²) >= 11 is 1.58. The Morgan fingerprint density at radius 3 is 2.25 bits per heavy atom. The molecular weight excluding hydrogens is 669 g/mol. The topological polar surface area (TPSA) is 167 Å². The van der Waals surface area contributed by atoms with Gasteiger partial charge in [0.1, 0.15) is 12.1 Å². The number of aliphatic hydroxyl groups excluding tert-OH is 1. The molecule has 1 saturated heterocycles. The number of aromatic nitrogens is 1. The summed E-state index contributed by atoms with van der Waals surface area (Å²) in [6.07, 6.45) is 5.21. The fraction of sp³-hybridized carbons (Fsp3) is 0.526. The average molecular weight is 721 g/mol. The van der Waals surface area contributed by atoms with Crippen LogP contribution in [0.4, 0.5) is 11.4 Å². The van der Waals surface area contributed by atoms with E-state index in [1.165, 1.54) is 17.0 Å². The van der Waals surface area contributed by atoms with Crippen molar-refractivity contribution in [3.8, 4) is 10.4 Å². The maximum Gasteiger partial charge on any atom is 0.269 e. The number of hydrogen-bond acceptors (Lipinski definition) is 9. The molecule has 3 amide bonds. The van der Waals surface area contributed by atoms with Crippen LogP contribution in [0, 0.1) is 22.5 Å². The lowest BCUT2D eigenvalue weighted by molar-refractivity contribution is -0.384. The number of thiazole rings is 1. The largest absolute Gasteiger partial charge is 0.391 e. The number of non-ortho nitro benzene ring substituents is 1. The van der Waals surface area contributed by atoms with Crippen LogP contribution in [0.1, 0.15) is 96.4 Å². The van der Waals surface area contributed by atoms with Crippen molar-refractivity contribution >= 4 is 40.4 Å². The van der Waals surface area contributed by atoms with E-state index in [1.54, 1.807) is 23.5 Å². The van der Waals surface area contributed by atoms with Gasteiger partial charge in [-0.3, -0.25) is 24.5 Å². The summed E-state index contributed by atoms with van der Waals surface area (Å²) in [5.41, 5.74) is 5.08. The summed E-state index contributed by atoms with van der Waals surface area (Å²) in [5.74, 6) is -0.912. The van der Waals surface area contributed by atoms with Gasteiger partial charge in [0.05, 0.1) is 33.2 Å². The number of anilines is 1. The predicted molar refractivity (Wildman–Crippen MR) is 200 cm³/mol. The number of nitrogens with one attached hydrogen (secondary N) is 3. The van der Waals surface area contributed by atoms with Gasteiger partial charge in [-0.05, 0) is 55.4 Å². The highest BCUT2D eigenvalue weighted by molar-refractivity contribution is 7.13. The molecule has 1 aliphatic heterocycles. The Bertz CT molecular complexity index is 1620. The molecule has 3 aromatic rings. The number of aliphatic hydroxyl groups is 1. The smallest absolute Gasteiger partial charge is 0.269 e. The molecule has 1 unspecified atom stereocenters. The van der Waals surface area contributed by atoms with Crippen molar-refractivity contribution in [1.29, 1.82) is 0 Å². The number of nitro benzene ring substituents is 1. The van der Waals surface area contributed by atoms with E-state index in [0.29, 0.717) is 12.8 Å². The van der Waals surface area contributed by atoms with Crippen molar-refractivity contribution in [2.75, 3.05) is 18.4 Å². The zero-order valence-electron chi connectivity index (χ0n) is 30.3. The first kappa shape index (κ1) is 39.4. The molecule has 1 aromatic heterocycles. The summed E-state index contributed by atoms with van der Waals surface area (Å²) in [4.78, 5) is 57.7. The standard InChI is InChI=1S/C38H52N6O6S/c1-25(27-13-15-28(16-14-27)34-26(2)40-24-51-34)41-36(47)32-22-31(45)23-43(32)37(48)35(38(3,4)5)42-33(46)12-10-8-6-7-9-11-21-39-29-17-19-30(20-18-29)44(49)50/h13-20,24-25,31-32,35,39,45H,6-12,21-23H2,1-5H3,(H,41,47)(H,42,46)/t25-,31+,32-,35?/m0/s1. The van der Waals surface area contributed by atoms with Gasteiger partial charge in [0.25, 0.3) is 5.69 Å². The van der Waals surface area contributed by atoms with Crippen LogP contribution >= 0.6 is 11.3 Å². The Balaban J connectivity index is 1.21. The Kier molecular flexibility index (Phi) is 14.1. The molecule has 276 valence electrons. The molecule has 12 nitrogen and oxygen atoms in total. The normalized spacial score (nSPS) is 17.1. The lowest BCUT2D eigenvalue weighted by Gasteiger charge is -2.35. The van der Waals surface area contributed by atoms with Gasteiger partial charge in [-0.1, -0.05) is 70.7 Å². The fourth-order valence-corrected chi connectivity index (χ4v) is 7.11. The minimum Gasteiger partial charge on any atom is -0.391 e. The Labute approximate surface area is 304 Å². The van der Waals surface area contributed by atoms with Crippen LogP contribution in [-0.2, 0) is 14.4 Å². The van der Waals surface area contributed by atoms with E-state index in [0.717, 1.165) is 66.0 Å². The van der Waals surface area contributed by atoms with Crippen LogP contribution in [0.3, 0.4) is 0 Å². The zero-order chi connectivity index (χ0) is 37.1. The van der Waals surface area contributed by atoms with Crippen LogP contribution in [0.15, 0.2) is 54.0 Å². The molecular formula is C38H52N6O6S. The third-order valence-corrected chi connectivity index (χ3v) is 10.3. The molecule has 51 heavy (non-hydrogen) atoms. The van der Waals surface area contributed by atoms with Crippen molar-refractivity contribution in [1.82, 2.24) is 20.5 Å². The maximum atomic E-state index is 13.9. The minimum absolute atomic E-state index is 0.0278. The number of aryl methyl sites for hydroxylation is 1. The van der Waals surface area contributed by atoms with Crippen molar-refractivity contribution in [2.24, 2.45) is 5.41 Å². The second-order valence-electron chi connectivity index (χ2n) is 14.5. The van der Waals surface area contributed by atoms with Gasteiger partial charge in [0.2, 0.25) is 17.7 Å². The van der Waals surface area contributed by atoms with Gasteiger partial charge < -0.3 is 26.0 Å². The molecule has 13 heteroatoms. The molecule has 4 N–H and O–H groups in total. The second kappa shape index (κ2) is 18.2. The Hall–Kier alpha value is -4.36. The molecule has 0 aliphatic carbocycles. The first-order chi connectivity index (χ1) is 24.2. The number of carbonyl (C=O) groups excluding carboxylic acids is 3. The average Bonchev–Trinajstić information content (AvgIpc) is 3.71. The van der Waals surface area contributed by atoms with Gasteiger partial charge in [0.15, 0.2) is 0 Å². The van der Waals surface area contributed by atoms with E-state index in [9.17, 15) is 29.6 Å². The van der Waals surface area contributed by atoms with Crippen molar-refractivity contribution in [3.63, 3.8) is 0 Å². The van der Waals surface area contributed by atoms with Gasteiger partial charge in [-0.25, -0.2) is 4.98 Å². The number of unbranched alkanes of at least 4 members (excludes halogenated alkanes) is 5. The molecule has 1 fully saturated rings. The van der Waals surface area contributed by atoms with Gasteiger partial charge >= 0.3 is 0 Å². The Morgan fingerprint density at radius 2 is 1.65 bits per heavy atom. The number of hydrogen-bond donors (Lipinski definition) is 4. The van der Waals surface area contributed by atoms with E-state index < -0.39 is 28.5 Å². The van der Waals surface area contributed by atoms with Crippen LogP contribution in [0.25, 0.3) is 10.4 Å². The van der Waals surface area contributed by atoms with Crippen molar-refractivity contribution < 1.29 is 24.4 Å². The number of carbonyl (C=O) groups is 3. The number of nitro groups is 1. The summed E-state index contributed by atoms with van der Waals surface area (Å²) in [5, 5.41) is 30.6. The van der Waals surface area contributed by atoms with Crippen molar-refractivity contribution in [2.45, 2.75) is 110 Å². The van der Waals surface area contributed by atoms with E-state index in [4.69, 9.17) is 0 Å². The monoisotopic (exact) mass is 720 g/mol. The van der Waals surface area contributed by atoms with Crippen LogP contribution in [0.5, 0.6) is 0 Å². The SMILES string of the molecule is Cc1ncsc1-c1ccc([C@H](C)NC(=O)[C@@H]2C[C@@H](O)CN2C(=O)C(NC(=O)CCCCCCCCNc2ccc([N+](=O)[O-])cc2)C(C)(C)C)cc1. The molecule has 0 radical (unpaired) electrons. The van der Waals surface area contributed by atoms with Gasteiger partial charge in [-0.15, -0.1) is 11.3 Å². The quantitative estimate of drug-likeness (QED) is 0.0693. The number of nitrogens with zero attached hydrogens (tertiary/aromatic N) is 3. The molecule has 0 saturated carbocycles. The van der Waals surface area contributed by atoms with E-state index in [1.807, 2.05) is 64.4 Å². The first-order valence-electron chi connectivity index (χ1n) is 17.8. The lowest BCUT2D eigenvalue weighted by Crippen LogP contribution is -2.57. The van der Waals surface area contributed by atoms with Crippen LogP contribution in [-0.4, -0.2) is 68.9 Å². The van der Waals surface area contributed by atoms with E-state index in [2.05, 4.69) is 20.9 Å². The van der Waals surface area contributed by atoms with Gasteiger partial charge in [0, 0.05) is 43.8 Å². The van der Waals surface area contributed by atoms with Crippen molar-refractivity contribution in [3.05, 3.63) is 75.4 Å². The first-order valence-corrected chi connectivity index (χ1v) is 18.7. The van der Waals surface area contributed by atoms with E-state index >= 15 is 0 Å². The van der Waals surface area contributed by atoms with Gasteiger partial charge in [-0.2, -0.15) is 0 Å². The summed E-state index contributed by atoms with van der Waals surface area (Å²) in [6, 6.07) is 12.3. The maximum absolute atomic E-state index is 13.9. The minimum atomic E-state index is -0.853. The predicted octanol–water partition coefficient (Wildman–Crippen LogP) is 6.54. The third-order valence-electron chi connectivity index (χ3n) is 9.30. The zero-order valence-corrected chi connectivity index (χ0v) is 31.1. The fourth-order valence-electron chi connectivity index (χ4n) is 6.30. The number of rotatable bonds is 17. The highest BCUT2D eigenvalue weighted by Crippen LogP contribution is 2.30. The molecule has 0 spiro atoms. The second-order valence-corrected chi connectivity index (χ2v) is 15.3. The number of amides is 3. The molecule has 4 atom stereocenters. The molecule has 4 rings (SSSR count). The summed E-state index contributed by atoms with van der Waals surface area (Å²) in [7, 11) is 0. The third kappa shape index (κ3) is 11.3. The van der Waals surface area contributed by atoms with Crippen LogP contribution in [0.2, 0.25) is 0 Å². The molecule has 0 bridgehead atoms. The number of β-amino-alcohol motifs (C(OH)–C–C–N with tert-alkyl or cyclic N) is 1. The highest BCUT2D eigenvalue weighted by atomic mass is 32.1. The molecule has 2 aromatic carbocycles. The number of benzene rings is 2. The van der Waals surface area contributed by atoms with E-state index in [-0.39, 0.29) is 42.4 Å². The molecule has 2 heterocycles.